The second-order valence-electron chi connectivity index (χ2n) is 5.48. The summed E-state index contributed by atoms with van der Waals surface area (Å²) in [4.78, 5) is 13.0. The zero-order valence-electron chi connectivity index (χ0n) is 13.0. The third-order valence-electron chi connectivity index (χ3n) is 3.71. The number of aryl methyl sites for hydroxylation is 1. The molecule has 0 aliphatic carbocycles. The van der Waals surface area contributed by atoms with Crippen molar-refractivity contribution < 1.29 is 4.79 Å². The minimum Gasteiger partial charge on any atom is -0.365 e. The van der Waals surface area contributed by atoms with Crippen LogP contribution in [0.3, 0.4) is 0 Å². The Hall–Kier alpha value is -1.87. The highest BCUT2D eigenvalue weighted by atomic mass is 32.1. The summed E-state index contributed by atoms with van der Waals surface area (Å²) < 4.78 is 0. The van der Waals surface area contributed by atoms with Gasteiger partial charge in [0.25, 0.3) is 5.91 Å². The minimum absolute atomic E-state index is 0.322. The molecule has 0 atom stereocenters. The average molecular weight is 313 g/mol. The highest BCUT2D eigenvalue weighted by Crippen LogP contribution is 2.19. The van der Waals surface area contributed by atoms with Crippen LogP contribution in [-0.2, 0) is 6.42 Å². The molecule has 1 amide bonds. The second-order valence-corrected chi connectivity index (χ2v) is 6.65. The Morgan fingerprint density at radius 2 is 1.86 bits per heavy atom. The van der Waals surface area contributed by atoms with Crippen molar-refractivity contribution in [3.8, 4) is 0 Å². The third-order valence-corrected chi connectivity index (χ3v) is 4.87. The van der Waals surface area contributed by atoms with Gasteiger partial charge in [0, 0.05) is 4.88 Å². The molecule has 0 aliphatic heterocycles. The fourth-order valence-corrected chi connectivity index (χ4v) is 3.30. The van der Waals surface area contributed by atoms with E-state index in [2.05, 4.69) is 37.3 Å². The molecular weight excluding hydrogens is 290 g/mol. The molecule has 2 nitrogen and oxygen atoms in total. The number of amides is 1. The number of thiophene rings is 1. The number of allylic oxidation sites excluding steroid dienone is 2. The first kappa shape index (κ1) is 16.5. The summed E-state index contributed by atoms with van der Waals surface area (Å²) in [7, 11) is 0. The molecule has 0 bridgehead atoms. The summed E-state index contributed by atoms with van der Waals surface area (Å²) in [6, 6.07) is 14.4. The summed E-state index contributed by atoms with van der Waals surface area (Å²) in [5.41, 5.74) is 7.92. The van der Waals surface area contributed by atoms with Crippen LogP contribution >= 0.6 is 11.3 Å². The van der Waals surface area contributed by atoms with Gasteiger partial charge in [0.1, 0.15) is 0 Å². The molecule has 2 N–H and O–H groups in total. The van der Waals surface area contributed by atoms with E-state index in [9.17, 15) is 4.79 Å². The van der Waals surface area contributed by atoms with Crippen molar-refractivity contribution in [1.82, 2.24) is 0 Å². The summed E-state index contributed by atoms with van der Waals surface area (Å²) in [5, 5.41) is 0. The Morgan fingerprint density at radius 1 is 1.09 bits per heavy atom. The standard InChI is InChI=1S/C19H23NOS/c1-15(16-10-6-4-7-11-16)9-5-2-3-8-12-17-13-14-18(22-17)19(20)21/h4,6-7,9-11,13-14H,2-3,5,8,12H2,1H3,(H2,20,21). The van der Waals surface area contributed by atoms with Crippen LogP contribution in [0.4, 0.5) is 0 Å². The Balaban J connectivity index is 1.66. The topological polar surface area (TPSA) is 43.1 Å². The van der Waals surface area contributed by atoms with Crippen molar-refractivity contribution in [2.45, 2.75) is 39.0 Å². The number of carbonyl (C=O) groups is 1. The van der Waals surface area contributed by atoms with Crippen LogP contribution in [0.2, 0.25) is 0 Å². The number of primary amides is 1. The number of rotatable bonds is 8. The normalized spacial score (nSPS) is 11.6. The molecule has 22 heavy (non-hydrogen) atoms. The van der Waals surface area contributed by atoms with Gasteiger partial charge in [0.15, 0.2) is 0 Å². The molecule has 2 aromatic rings. The summed E-state index contributed by atoms with van der Waals surface area (Å²) >= 11 is 1.52. The monoisotopic (exact) mass is 313 g/mol. The third kappa shape index (κ3) is 5.15. The van der Waals surface area contributed by atoms with E-state index in [0.29, 0.717) is 4.88 Å². The predicted molar refractivity (Wildman–Crippen MR) is 95.1 cm³/mol. The second kappa shape index (κ2) is 8.54. The van der Waals surface area contributed by atoms with Gasteiger partial charge in [0.2, 0.25) is 0 Å². The highest BCUT2D eigenvalue weighted by Gasteiger charge is 2.04. The van der Waals surface area contributed by atoms with Gasteiger partial charge in [0.05, 0.1) is 4.88 Å². The summed E-state index contributed by atoms with van der Waals surface area (Å²) in [5.74, 6) is -0.322. The van der Waals surface area contributed by atoms with Crippen molar-refractivity contribution in [3.05, 3.63) is 63.9 Å². The Labute approximate surface area is 136 Å². The van der Waals surface area contributed by atoms with Gasteiger partial charge in [-0.3, -0.25) is 4.79 Å². The maximum absolute atomic E-state index is 11.0. The first-order chi connectivity index (χ1) is 10.7. The lowest BCUT2D eigenvalue weighted by atomic mass is 10.0. The molecule has 1 aromatic carbocycles. The molecule has 0 saturated carbocycles. The average Bonchev–Trinajstić information content (AvgIpc) is 3.00. The lowest BCUT2D eigenvalue weighted by molar-refractivity contribution is 0.100. The molecule has 1 heterocycles. The molecule has 3 heteroatoms. The zero-order chi connectivity index (χ0) is 15.8. The van der Waals surface area contributed by atoms with Crippen molar-refractivity contribution in [1.29, 1.82) is 0 Å². The molecule has 0 spiro atoms. The summed E-state index contributed by atoms with van der Waals surface area (Å²) in [6.45, 7) is 2.17. The van der Waals surface area contributed by atoms with E-state index < -0.39 is 0 Å². The SMILES string of the molecule is CC(=CCCCCCc1ccc(C(N)=O)s1)c1ccccc1. The lowest BCUT2D eigenvalue weighted by Gasteiger charge is -2.02. The quantitative estimate of drug-likeness (QED) is 0.681. The molecule has 2 rings (SSSR count). The van der Waals surface area contributed by atoms with Crippen LogP contribution in [0.15, 0.2) is 48.5 Å². The van der Waals surface area contributed by atoms with Crippen molar-refractivity contribution in [2.24, 2.45) is 5.73 Å². The van der Waals surface area contributed by atoms with Gasteiger partial charge in [-0.15, -0.1) is 11.3 Å². The van der Waals surface area contributed by atoms with Crippen LogP contribution < -0.4 is 5.73 Å². The molecule has 0 unspecified atom stereocenters. The van der Waals surface area contributed by atoms with Crippen LogP contribution in [0, 0.1) is 0 Å². The van der Waals surface area contributed by atoms with Gasteiger partial charge in [-0.05, 0) is 55.9 Å². The van der Waals surface area contributed by atoms with E-state index in [1.54, 1.807) is 0 Å². The number of hydrogen-bond acceptors (Lipinski definition) is 2. The first-order valence-electron chi connectivity index (χ1n) is 7.77. The van der Waals surface area contributed by atoms with Crippen molar-refractivity contribution in [2.75, 3.05) is 0 Å². The largest absolute Gasteiger partial charge is 0.365 e. The zero-order valence-corrected chi connectivity index (χ0v) is 13.9. The number of carbonyl (C=O) groups excluding carboxylic acids is 1. The maximum Gasteiger partial charge on any atom is 0.258 e. The first-order valence-corrected chi connectivity index (χ1v) is 8.59. The van der Waals surface area contributed by atoms with E-state index >= 15 is 0 Å². The van der Waals surface area contributed by atoms with E-state index in [0.717, 1.165) is 19.3 Å². The van der Waals surface area contributed by atoms with Crippen molar-refractivity contribution in [3.63, 3.8) is 0 Å². The minimum atomic E-state index is -0.322. The fourth-order valence-electron chi connectivity index (χ4n) is 2.40. The number of hydrogen-bond donors (Lipinski definition) is 1. The number of nitrogens with two attached hydrogens (primary N) is 1. The van der Waals surface area contributed by atoms with Gasteiger partial charge in [-0.25, -0.2) is 0 Å². The Morgan fingerprint density at radius 3 is 2.55 bits per heavy atom. The van der Waals surface area contributed by atoms with E-state index in [4.69, 9.17) is 5.73 Å². The van der Waals surface area contributed by atoms with Gasteiger partial charge >= 0.3 is 0 Å². The lowest BCUT2D eigenvalue weighted by Crippen LogP contribution is -2.08. The van der Waals surface area contributed by atoms with E-state index in [-0.39, 0.29) is 5.91 Å². The maximum atomic E-state index is 11.0. The predicted octanol–water partition coefficient (Wildman–Crippen LogP) is 5.05. The highest BCUT2D eigenvalue weighted by molar-refractivity contribution is 7.14. The van der Waals surface area contributed by atoms with Crippen LogP contribution in [0.25, 0.3) is 5.57 Å². The molecule has 0 aliphatic rings. The van der Waals surface area contributed by atoms with E-state index in [1.807, 2.05) is 18.2 Å². The molecule has 0 saturated heterocycles. The van der Waals surface area contributed by atoms with Gasteiger partial charge < -0.3 is 5.73 Å². The van der Waals surface area contributed by atoms with Crippen LogP contribution in [-0.4, -0.2) is 5.91 Å². The van der Waals surface area contributed by atoms with Gasteiger partial charge in [-0.1, -0.05) is 42.8 Å². The van der Waals surface area contributed by atoms with E-state index in [1.165, 1.54) is 40.2 Å². The van der Waals surface area contributed by atoms with Gasteiger partial charge in [-0.2, -0.15) is 0 Å². The smallest absolute Gasteiger partial charge is 0.258 e. The number of benzene rings is 1. The van der Waals surface area contributed by atoms with Crippen LogP contribution in [0.5, 0.6) is 0 Å². The van der Waals surface area contributed by atoms with Crippen molar-refractivity contribution >= 4 is 22.8 Å². The number of unbranched alkanes of at least 4 members (excludes halogenated alkanes) is 3. The molecule has 116 valence electrons. The summed E-state index contributed by atoms with van der Waals surface area (Å²) in [6.07, 6.45) is 8.07. The molecule has 1 aromatic heterocycles. The fraction of sp³-hybridized carbons (Fsp3) is 0.316. The molecular formula is C19H23NOS. The Bertz CT molecular complexity index is 628. The molecule has 0 fully saturated rings. The Kier molecular flexibility index (Phi) is 6.41. The molecule has 0 radical (unpaired) electrons. The van der Waals surface area contributed by atoms with Crippen LogP contribution in [0.1, 0.15) is 52.7 Å².